The summed E-state index contributed by atoms with van der Waals surface area (Å²) in [5.41, 5.74) is 1.35. The minimum atomic E-state index is -3.47. The Labute approximate surface area is 124 Å². The van der Waals surface area contributed by atoms with Gasteiger partial charge in [0.05, 0.1) is 12.5 Å². The summed E-state index contributed by atoms with van der Waals surface area (Å²) in [6, 6.07) is 10.5. The van der Waals surface area contributed by atoms with Crippen LogP contribution in [0.4, 0.5) is 0 Å². The molecule has 112 valence electrons. The fraction of sp³-hybridized carbons (Fsp3) is 0.400. The number of hydrogen-bond acceptors (Lipinski definition) is 3. The van der Waals surface area contributed by atoms with Gasteiger partial charge in [-0.1, -0.05) is 30.3 Å². The minimum absolute atomic E-state index is 0.0123. The molecular weight excluding hydrogens is 286 g/mol. The molecule has 1 aromatic carbocycles. The summed E-state index contributed by atoms with van der Waals surface area (Å²) in [4.78, 5) is 6.40. The van der Waals surface area contributed by atoms with Crippen molar-refractivity contribution in [3.05, 3.63) is 48.4 Å². The van der Waals surface area contributed by atoms with Gasteiger partial charge in [0, 0.05) is 6.04 Å². The molecule has 1 aromatic heterocycles. The Kier molecular flexibility index (Phi) is 4.07. The summed E-state index contributed by atoms with van der Waals surface area (Å²) in [7, 11) is -3.47. The highest BCUT2D eigenvalue weighted by molar-refractivity contribution is 7.89. The molecule has 0 amide bonds. The molecule has 0 aliphatic heterocycles. The van der Waals surface area contributed by atoms with Crippen LogP contribution < -0.4 is 4.72 Å². The van der Waals surface area contributed by atoms with Crippen molar-refractivity contribution >= 4 is 10.0 Å². The highest BCUT2D eigenvalue weighted by atomic mass is 32.2. The molecular formula is C15H19N3O2S. The topological polar surface area (TPSA) is 74.8 Å². The summed E-state index contributed by atoms with van der Waals surface area (Å²) >= 11 is 0. The smallest absolute Gasteiger partial charge is 0.257 e. The van der Waals surface area contributed by atoms with Gasteiger partial charge in [0.1, 0.15) is 0 Å². The molecule has 0 unspecified atom stereocenters. The van der Waals surface area contributed by atoms with Gasteiger partial charge in [0.2, 0.25) is 0 Å². The SMILES string of the molecule is O=S(=O)(NC1CCC(c2ccccc2)CC1)c1cnc[nH]1. The lowest BCUT2D eigenvalue weighted by Gasteiger charge is -2.29. The first kappa shape index (κ1) is 14.3. The molecule has 5 nitrogen and oxygen atoms in total. The molecule has 2 aromatic rings. The number of hydrogen-bond donors (Lipinski definition) is 2. The first-order valence-corrected chi connectivity index (χ1v) is 8.69. The number of imidazole rings is 1. The van der Waals surface area contributed by atoms with Gasteiger partial charge in [-0.05, 0) is 37.2 Å². The lowest BCUT2D eigenvalue weighted by atomic mass is 9.82. The van der Waals surface area contributed by atoms with Gasteiger partial charge in [0.15, 0.2) is 5.03 Å². The van der Waals surface area contributed by atoms with Gasteiger partial charge >= 0.3 is 0 Å². The molecule has 0 bridgehead atoms. The molecule has 21 heavy (non-hydrogen) atoms. The number of H-pyrrole nitrogens is 1. The summed E-state index contributed by atoms with van der Waals surface area (Å²) in [6.45, 7) is 0. The number of benzene rings is 1. The summed E-state index contributed by atoms with van der Waals surface area (Å²) < 4.78 is 27.0. The first-order valence-electron chi connectivity index (χ1n) is 7.21. The Bertz CT molecular complexity index is 660. The van der Waals surface area contributed by atoms with E-state index in [4.69, 9.17) is 0 Å². The van der Waals surface area contributed by atoms with Crippen LogP contribution in [-0.4, -0.2) is 24.4 Å². The van der Waals surface area contributed by atoms with E-state index in [0.29, 0.717) is 5.92 Å². The average molecular weight is 305 g/mol. The van der Waals surface area contributed by atoms with Crippen LogP contribution in [0.25, 0.3) is 0 Å². The predicted octanol–water partition coefficient (Wildman–Crippen LogP) is 2.41. The van der Waals surface area contributed by atoms with Crippen molar-refractivity contribution in [1.82, 2.24) is 14.7 Å². The van der Waals surface area contributed by atoms with Crippen LogP contribution in [0.2, 0.25) is 0 Å². The van der Waals surface area contributed by atoms with Crippen LogP contribution >= 0.6 is 0 Å². The van der Waals surface area contributed by atoms with E-state index in [1.807, 2.05) is 6.07 Å². The van der Waals surface area contributed by atoms with Gasteiger partial charge in [0.25, 0.3) is 10.0 Å². The third kappa shape index (κ3) is 3.33. The zero-order chi connectivity index (χ0) is 14.7. The van der Waals surface area contributed by atoms with Gasteiger partial charge in [-0.2, -0.15) is 0 Å². The number of sulfonamides is 1. The third-order valence-corrected chi connectivity index (χ3v) is 5.53. The van der Waals surface area contributed by atoms with E-state index >= 15 is 0 Å². The second-order valence-electron chi connectivity index (χ2n) is 5.50. The molecule has 1 aliphatic carbocycles. The lowest BCUT2D eigenvalue weighted by molar-refractivity contribution is 0.374. The predicted molar refractivity (Wildman–Crippen MR) is 80.3 cm³/mol. The van der Waals surface area contributed by atoms with Crippen LogP contribution in [0.1, 0.15) is 37.2 Å². The molecule has 0 radical (unpaired) electrons. The molecule has 0 atom stereocenters. The van der Waals surface area contributed by atoms with Crippen LogP contribution in [0, 0.1) is 0 Å². The molecule has 0 spiro atoms. The number of rotatable bonds is 4. The zero-order valence-electron chi connectivity index (χ0n) is 11.7. The zero-order valence-corrected chi connectivity index (χ0v) is 12.5. The highest BCUT2D eigenvalue weighted by Gasteiger charge is 2.26. The number of aromatic nitrogens is 2. The Hall–Kier alpha value is -1.66. The maximum Gasteiger partial charge on any atom is 0.257 e. The second kappa shape index (κ2) is 5.99. The monoisotopic (exact) mass is 305 g/mol. The van der Waals surface area contributed by atoms with Crippen LogP contribution in [0.15, 0.2) is 47.9 Å². The molecule has 2 N–H and O–H groups in total. The van der Waals surface area contributed by atoms with E-state index in [2.05, 4.69) is 39.0 Å². The lowest BCUT2D eigenvalue weighted by Crippen LogP contribution is -2.37. The molecule has 6 heteroatoms. The summed E-state index contributed by atoms with van der Waals surface area (Å²) in [6.07, 6.45) is 6.47. The van der Waals surface area contributed by atoms with Crippen molar-refractivity contribution in [2.24, 2.45) is 0 Å². The van der Waals surface area contributed by atoms with Crippen molar-refractivity contribution in [3.63, 3.8) is 0 Å². The fourth-order valence-electron chi connectivity index (χ4n) is 2.94. The molecule has 0 saturated heterocycles. The van der Waals surface area contributed by atoms with Crippen LogP contribution in [0.5, 0.6) is 0 Å². The molecule has 1 saturated carbocycles. The second-order valence-corrected chi connectivity index (χ2v) is 7.18. The quantitative estimate of drug-likeness (QED) is 0.911. The standard InChI is InChI=1S/C15H19N3O2S/c19-21(20,15-10-16-11-17-15)18-14-8-6-13(7-9-14)12-4-2-1-3-5-12/h1-5,10-11,13-14,18H,6-9H2,(H,16,17). The van der Waals surface area contributed by atoms with Crippen LogP contribution in [-0.2, 0) is 10.0 Å². The molecule has 1 aliphatic rings. The minimum Gasteiger partial charge on any atom is -0.335 e. The summed E-state index contributed by atoms with van der Waals surface area (Å²) in [5.74, 6) is 0.541. The number of nitrogens with one attached hydrogen (secondary N) is 2. The molecule has 1 fully saturated rings. The van der Waals surface area contributed by atoms with E-state index in [1.165, 1.54) is 18.1 Å². The van der Waals surface area contributed by atoms with E-state index in [-0.39, 0.29) is 11.1 Å². The molecule has 3 rings (SSSR count). The Morgan fingerprint density at radius 1 is 1.10 bits per heavy atom. The average Bonchev–Trinajstić information content (AvgIpc) is 3.04. The van der Waals surface area contributed by atoms with E-state index in [0.717, 1.165) is 25.7 Å². The van der Waals surface area contributed by atoms with E-state index in [1.54, 1.807) is 0 Å². The Morgan fingerprint density at radius 3 is 2.43 bits per heavy atom. The third-order valence-electron chi connectivity index (χ3n) is 4.08. The van der Waals surface area contributed by atoms with Crippen LogP contribution in [0.3, 0.4) is 0 Å². The van der Waals surface area contributed by atoms with E-state index < -0.39 is 10.0 Å². The number of aromatic amines is 1. The number of nitrogens with zero attached hydrogens (tertiary/aromatic N) is 1. The molecule has 1 heterocycles. The Morgan fingerprint density at radius 2 is 1.81 bits per heavy atom. The first-order chi connectivity index (χ1) is 10.1. The van der Waals surface area contributed by atoms with E-state index in [9.17, 15) is 8.42 Å². The van der Waals surface area contributed by atoms with Gasteiger partial charge in [-0.15, -0.1) is 0 Å². The van der Waals surface area contributed by atoms with Crippen molar-refractivity contribution < 1.29 is 8.42 Å². The fourth-order valence-corrected chi connectivity index (χ4v) is 4.15. The maximum absolute atomic E-state index is 12.1. The van der Waals surface area contributed by atoms with Crippen molar-refractivity contribution in [3.8, 4) is 0 Å². The normalized spacial score (nSPS) is 23.0. The van der Waals surface area contributed by atoms with Gasteiger partial charge in [-0.25, -0.2) is 18.1 Å². The van der Waals surface area contributed by atoms with Crippen molar-refractivity contribution in [1.29, 1.82) is 0 Å². The van der Waals surface area contributed by atoms with Gasteiger partial charge in [-0.3, -0.25) is 0 Å². The van der Waals surface area contributed by atoms with Crippen molar-refractivity contribution in [2.75, 3.05) is 0 Å². The maximum atomic E-state index is 12.1. The Balaban J connectivity index is 1.59. The highest BCUT2D eigenvalue weighted by Crippen LogP contribution is 2.33. The van der Waals surface area contributed by atoms with Gasteiger partial charge < -0.3 is 4.98 Å². The summed E-state index contributed by atoms with van der Waals surface area (Å²) in [5, 5.41) is 0.132. The largest absolute Gasteiger partial charge is 0.335 e. The van der Waals surface area contributed by atoms with Crippen molar-refractivity contribution in [2.45, 2.75) is 42.7 Å².